The van der Waals surface area contributed by atoms with Crippen LogP contribution < -0.4 is 14.9 Å². The number of nitrogens with one attached hydrogen (secondary N) is 1. The highest BCUT2D eigenvalue weighted by Crippen LogP contribution is 2.19. The first kappa shape index (κ1) is 16.1. The third kappa shape index (κ3) is 4.63. The maximum absolute atomic E-state index is 11.6. The van der Waals surface area contributed by atoms with Crippen molar-refractivity contribution in [3.05, 3.63) is 46.3 Å². The van der Waals surface area contributed by atoms with Crippen molar-refractivity contribution in [2.75, 3.05) is 13.7 Å². The number of methoxy groups -OCH3 is 1. The predicted molar refractivity (Wildman–Crippen MR) is 85.4 cm³/mol. The summed E-state index contributed by atoms with van der Waals surface area (Å²) >= 11 is 3.33. The monoisotopic (exact) mass is 366 g/mol. The normalized spacial score (nSPS) is 10.7. The fourth-order valence-electron chi connectivity index (χ4n) is 1.57. The fourth-order valence-corrected chi connectivity index (χ4v) is 1.87. The van der Waals surface area contributed by atoms with Crippen molar-refractivity contribution >= 4 is 28.1 Å². The number of halogens is 1. The van der Waals surface area contributed by atoms with Gasteiger partial charge in [0.05, 0.1) is 17.8 Å². The van der Waals surface area contributed by atoms with E-state index < -0.39 is 0 Å². The van der Waals surface area contributed by atoms with E-state index in [0.717, 1.165) is 16.0 Å². The van der Waals surface area contributed by atoms with Gasteiger partial charge in [0.15, 0.2) is 6.61 Å². The Morgan fingerprint density at radius 2 is 2.05 bits per heavy atom. The summed E-state index contributed by atoms with van der Waals surface area (Å²) in [6.07, 6.45) is 1.42. The highest BCUT2D eigenvalue weighted by molar-refractivity contribution is 9.10. The first-order valence-electron chi connectivity index (χ1n) is 6.43. The van der Waals surface area contributed by atoms with Crippen molar-refractivity contribution in [1.29, 1.82) is 0 Å². The number of amides is 1. The zero-order chi connectivity index (χ0) is 15.9. The van der Waals surface area contributed by atoms with Crippen LogP contribution in [-0.4, -0.2) is 25.8 Å². The quantitative estimate of drug-likeness (QED) is 0.630. The second kappa shape index (κ2) is 7.65. The van der Waals surface area contributed by atoms with Gasteiger partial charge >= 0.3 is 0 Å². The number of hydrazone groups is 1. The van der Waals surface area contributed by atoms with Gasteiger partial charge in [0.2, 0.25) is 0 Å². The largest absolute Gasteiger partial charge is 0.497 e. The minimum atomic E-state index is -0.366. The Labute approximate surface area is 136 Å². The van der Waals surface area contributed by atoms with E-state index in [1.54, 1.807) is 37.4 Å². The van der Waals surface area contributed by atoms with Crippen LogP contribution in [-0.2, 0) is 4.79 Å². The van der Waals surface area contributed by atoms with Crippen molar-refractivity contribution in [3.63, 3.8) is 0 Å². The number of ether oxygens (including phenoxy) is 2. The van der Waals surface area contributed by atoms with Gasteiger partial charge in [-0.25, -0.2) is 5.43 Å². The fraction of sp³-hybridized carbons (Fsp3) is 0.200. The van der Waals surface area contributed by atoms with Gasteiger partial charge in [0.25, 0.3) is 5.91 Å². The first-order valence-corrected chi connectivity index (χ1v) is 7.22. The summed E-state index contributed by atoms with van der Waals surface area (Å²) in [6, 6.07) is 8.71. The van der Waals surface area contributed by atoms with Crippen molar-refractivity contribution in [2.45, 2.75) is 6.92 Å². The molecule has 2 rings (SSSR count). The van der Waals surface area contributed by atoms with E-state index in [2.05, 4.69) is 26.5 Å². The maximum atomic E-state index is 11.6. The molecule has 22 heavy (non-hydrogen) atoms. The molecule has 1 amide bonds. The molecule has 0 aliphatic carbocycles. The van der Waals surface area contributed by atoms with Crippen LogP contribution >= 0.6 is 15.9 Å². The molecule has 1 N–H and O–H groups in total. The zero-order valence-electron chi connectivity index (χ0n) is 12.1. The summed E-state index contributed by atoms with van der Waals surface area (Å²) in [7, 11) is 1.58. The van der Waals surface area contributed by atoms with Crippen LogP contribution in [0.2, 0.25) is 0 Å². The zero-order valence-corrected chi connectivity index (χ0v) is 13.7. The molecule has 0 saturated heterocycles. The Morgan fingerprint density at radius 3 is 2.64 bits per heavy atom. The number of hydrogen-bond donors (Lipinski definition) is 1. The minimum absolute atomic E-state index is 0.134. The molecule has 0 radical (unpaired) electrons. The molecular weight excluding hydrogens is 352 g/mol. The number of carbonyl (C=O) groups excluding carboxylic acids is 1. The van der Waals surface area contributed by atoms with E-state index in [1.807, 2.05) is 6.92 Å². The number of nitrogens with zero attached hydrogens (tertiary/aromatic N) is 1. The van der Waals surface area contributed by atoms with E-state index in [4.69, 9.17) is 13.9 Å². The van der Waals surface area contributed by atoms with Crippen molar-refractivity contribution in [1.82, 2.24) is 5.43 Å². The molecule has 0 fully saturated rings. The van der Waals surface area contributed by atoms with Crippen molar-refractivity contribution in [3.8, 4) is 11.5 Å². The number of hydrogen-bond acceptors (Lipinski definition) is 5. The van der Waals surface area contributed by atoms with E-state index in [0.29, 0.717) is 11.5 Å². The average molecular weight is 367 g/mol. The van der Waals surface area contributed by atoms with Crippen LogP contribution in [0.5, 0.6) is 11.5 Å². The highest BCUT2D eigenvalue weighted by atomic mass is 79.9. The standard InChI is InChI=1S/C15H15BrN2O4/c1-10-14(16)7-13(22-10)8-17-18-15(19)9-21-12-5-3-11(20-2)4-6-12/h3-8H,9H2,1-2H3,(H,18,19). The number of aryl methyl sites for hydroxylation is 1. The molecular formula is C15H15BrN2O4. The Morgan fingerprint density at radius 1 is 1.36 bits per heavy atom. The lowest BCUT2D eigenvalue weighted by Crippen LogP contribution is -2.24. The molecule has 0 aliphatic heterocycles. The number of furan rings is 1. The molecule has 0 bridgehead atoms. The molecule has 0 saturated carbocycles. The Kier molecular flexibility index (Phi) is 5.60. The lowest BCUT2D eigenvalue weighted by molar-refractivity contribution is -0.123. The molecule has 2 aromatic rings. The summed E-state index contributed by atoms with van der Waals surface area (Å²) in [5, 5.41) is 3.80. The van der Waals surface area contributed by atoms with Crippen LogP contribution in [0.4, 0.5) is 0 Å². The molecule has 0 atom stereocenters. The topological polar surface area (TPSA) is 73.1 Å². The smallest absolute Gasteiger partial charge is 0.277 e. The molecule has 1 aromatic carbocycles. The van der Waals surface area contributed by atoms with Gasteiger partial charge < -0.3 is 13.9 Å². The van der Waals surface area contributed by atoms with Crippen molar-refractivity contribution < 1.29 is 18.7 Å². The SMILES string of the molecule is COc1ccc(OCC(=O)NN=Cc2cc(Br)c(C)o2)cc1. The predicted octanol–water partition coefficient (Wildman–Crippen LogP) is 2.89. The van der Waals surface area contributed by atoms with E-state index in [9.17, 15) is 4.79 Å². The van der Waals surface area contributed by atoms with Crippen LogP contribution in [0.1, 0.15) is 11.5 Å². The number of carbonyl (C=O) groups is 1. The van der Waals surface area contributed by atoms with Gasteiger partial charge in [0, 0.05) is 6.07 Å². The van der Waals surface area contributed by atoms with Crippen LogP contribution in [0, 0.1) is 6.92 Å². The number of rotatable bonds is 6. The van der Waals surface area contributed by atoms with Gasteiger partial charge in [0.1, 0.15) is 23.0 Å². The van der Waals surface area contributed by atoms with E-state index in [1.165, 1.54) is 6.21 Å². The van der Waals surface area contributed by atoms with Gasteiger partial charge in [-0.15, -0.1) is 0 Å². The average Bonchev–Trinajstić information content (AvgIpc) is 2.84. The lowest BCUT2D eigenvalue weighted by atomic mass is 10.3. The molecule has 116 valence electrons. The Hall–Kier alpha value is -2.28. The van der Waals surface area contributed by atoms with Crippen LogP contribution in [0.15, 0.2) is 44.3 Å². The third-order valence-electron chi connectivity index (χ3n) is 2.69. The molecule has 1 aromatic heterocycles. The van der Waals surface area contributed by atoms with Gasteiger partial charge in [-0.05, 0) is 47.1 Å². The lowest BCUT2D eigenvalue weighted by Gasteiger charge is -2.05. The van der Waals surface area contributed by atoms with E-state index >= 15 is 0 Å². The minimum Gasteiger partial charge on any atom is -0.497 e. The van der Waals surface area contributed by atoms with E-state index in [-0.39, 0.29) is 12.5 Å². The summed E-state index contributed by atoms with van der Waals surface area (Å²) in [6.45, 7) is 1.69. The third-order valence-corrected chi connectivity index (χ3v) is 3.47. The van der Waals surface area contributed by atoms with Crippen molar-refractivity contribution in [2.24, 2.45) is 5.10 Å². The Balaban J connectivity index is 1.77. The van der Waals surface area contributed by atoms with Gasteiger partial charge in [-0.2, -0.15) is 5.10 Å². The summed E-state index contributed by atoms with van der Waals surface area (Å²) < 4.78 is 16.6. The van der Waals surface area contributed by atoms with Crippen LogP contribution in [0.3, 0.4) is 0 Å². The van der Waals surface area contributed by atoms with Gasteiger partial charge in [-0.1, -0.05) is 0 Å². The Bertz CT molecular complexity index is 645. The molecule has 0 aliphatic rings. The molecule has 0 spiro atoms. The highest BCUT2D eigenvalue weighted by Gasteiger charge is 2.04. The second-order valence-corrected chi connectivity index (χ2v) is 5.16. The summed E-state index contributed by atoms with van der Waals surface area (Å²) in [4.78, 5) is 11.6. The molecule has 1 heterocycles. The maximum Gasteiger partial charge on any atom is 0.277 e. The van der Waals surface area contributed by atoms with Crippen LogP contribution in [0.25, 0.3) is 0 Å². The summed E-state index contributed by atoms with van der Waals surface area (Å²) in [5.41, 5.74) is 2.36. The summed E-state index contributed by atoms with van der Waals surface area (Å²) in [5.74, 6) is 2.22. The first-order chi connectivity index (χ1) is 10.6. The molecule has 6 nitrogen and oxygen atoms in total. The number of benzene rings is 1. The van der Waals surface area contributed by atoms with Gasteiger partial charge in [-0.3, -0.25) is 4.79 Å². The second-order valence-electron chi connectivity index (χ2n) is 4.31. The molecule has 7 heteroatoms. The molecule has 0 unspecified atom stereocenters.